The number of amides is 1. The lowest BCUT2D eigenvalue weighted by molar-refractivity contribution is 0.0934. The fraction of sp³-hybridized carbons (Fsp3) is 0.133. The van der Waals surface area contributed by atoms with Crippen molar-refractivity contribution in [1.29, 1.82) is 0 Å². The lowest BCUT2D eigenvalue weighted by atomic mass is 10.1. The van der Waals surface area contributed by atoms with Gasteiger partial charge in [-0.15, -0.1) is 0 Å². The largest absolute Gasteiger partial charge is 0.345 e. The minimum Gasteiger partial charge on any atom is -0.345 e. The molecule has 0 fully saturated rings. The molecule has 21 heavy (non-hydrogen) atoms. The Morgan fingerprint density at radius 2 is 1.86 bits per heavy atom. The lowest BCUT2D eigenvalue weighted by Gasteiger charge is -2.15. The number of carbonyl (C=O) groups excluding carboxylic acids is 1. The Balaban J connectivity index is 2.18. The second-order valence-corrected chi connectivity index (χ2v) is 5.28. The highest BCUT2D eigenvalue weighted by Gasteiger charge is 2.17. The number of hydrogen-bond acceptors (Lipinski definition) is 1. The predicted octanol–water partition coefficient (Wildman–Crippen LogP) is 4.76. The van der Waals surface area contributed by atoms with Gasteiger partial charge in [0.1, 0.15) is 0 Å². The monoisotopic (exact) mass is 329 g/mol. The van der Waals surface area contributed by atoms with Crippen molar-refractivity contribution in [2.24, 2.45) is 0 Å². The molecule has 1 amide bonds. The maximum atomic E-state index is 13.5. The molecule has 0 saturated carbocycles. The fourth-order valence-corrected chi connectivity index (χ4v) is 2.13. The molecule has 0 aromatic heterocycles. The van der Waals surface area contributed by atoms with Crippen molar-refractivity contribution in [1.82, 2.24) is 5.32 Å². The van der Waals surface area contributed by atoms with E-state index in [1.54, 1.807) is 25.1 Å². The van der Waals surface area contributed by atoms with E-state index in [0.29, 0.717) is 15.6 Å². The molecule has 2 aromatic carbocycles. The highest BCUT2D eigenvalue weighted by Crippen LogP contribution is 2.25. The first-order chi connectivity index (χ1) is 9.90. The molecule has 6 heteroatoms. The zero-order valence-corrected chi connectivity index (χ0v) is 12.5. The van der Waals surface area contributed by atoms with Gasteiger partial charge in [-0.3, -0.25) is 4.79 Å². The van der Waals surface area contributed by atoms with Gasteiger partial charge < -0.3 is 5.32 Å². The summed E-state index contributed by atoms with van der Waals surface area (Å²) in [5, 5.41) is 3.33. The van der Waals surface area contributed by atoms with Gasteiger partial charge in [0.25, 0.3) is 5.91 Å². The van der Waals surface area contributed by atoms with Crippen LogP contribution >= 0.6 is 23.2 Å². The summed E-state index contributed by atoms with van der Waals surface area (Å²) in [6.45, 7) is 1.70. The molecule has 0 aliphatic heterocycles. The first-order valence-corrected chi connectivity index (χ1v) is 6.85. The molecule has 0 aliphatic carbocycles. The van der Waals surface area contributed by atoms with Crippen LogP contribution in [0.4, 0.5) is 8.78 Å². The first-order valence-electron chi connectivity index (χ1n) is 6.10. The van der Waals surface area contributed by atoms with Crippen molar-refractivity contribution in [3.05, 3.63) is 69.2 Å². The van der Waals surface area contributed by atoms with E-state index in [1.165, 1.54) is 12.1 Å². The van der Waals surface area contributed by atoms with Crippen LogP contribution in [0.25, 0.3) is 0 Å². The molecule has 2 aromatic rings. The van der Waals surface area contributed by atoms with E-state index >= 15 is 0 Å². The van der Waals surface area contributed by atoms with Crippen molar-refractivity contribution >= 4 is 29.1 Å². The average Bonchev–Trinajstić information content (AvgIpc) is 2.44. The highest BCUT2D eigenvalue weighted by molar-refractivity contribution is 6.42. The smallest absolute Gasteiger partial charge is 0.254 e. The van der Waals surface area contributed by atoms with Gasteiger partial charge in [-0.2, -0.15) is 0 Å². The SMILES string of the molecule is CC(NC(=O)c1cccc(F)c1F)c1ccc(Cl)c(Cl)c1. The van der Waals surface area contributed by atoms with Gasteiger partial charge in [-0.05, 0) is 36.8 Å². The Bertz CT molecular complexity index is 691. The third kappa shape index (κ3) is 3.52. The number of hydrogen-bond donors (Lipinski definition) is 1. The van der Waals surface area contributed by atoms with Crippen LogP contribution in [0.5, 0.6) is 0 Å². The summed E-state index contributed by atoms with van der Waals surface area (Å²) < 4.78 is 26.7. The normalized spacial score (nSPS) is 12.0. The standard InChI is InChI=1S/C15H11Cl2F2NO/c1-8(9-5-6-11(16)12(17)7-9)20-15(21)10-3-2-4-13(18)14(10)19/h2-8H,1H3,(H,20,21). The molecule has 0 heterocycles. The van der Waals surface area contributed by atoms with E-state index < -0.39 is 23.6 Å². The van der Waals surface area contributed by atoms with Gasteiger partial charge in [0.2, 0.25) is 0 Å². The maximum absolute atomic E-state index is 13.5. The minimum absolute atomic E-state index is 0.345. The van der Waals surface area contributed by atoms with E-state index in [1.807, 2.05) is 0 Å². The average molecular weight is 330 g/mol. The molecule has 0 radical (unpaired) electrons. The van der Waals surface area contributed by atoms with Crippen LogP contribution in [0, 0.1) is 11.6 Å². The molecule has 2 rings (SSSR count). The van der Waals surface area contributed by atoms with Crippen molar-refractivity contribution in [3.63, 3.8) is 0 Å². The molecule has 2 nitrogen and oxygen atoms in total. The number of nitrogens with one attached hydrogen (secondary N) is 1. The Labute approximate surface area is 130 Å². The molecule has 1 unspecified atom stereocenters. The molecule has 0 bridgehead atoms. The number of halogens is 4. The van der Waals surface area contributed by atoms with E-state index in [9.17, 15) is 13.6 Å². The van der Waals surface area contributed by atoms with Crippen LogP contribution in [-0.2, 0) is 0 Å². The molecular formula is C15H11Cl2F2NO. The fourth-order valence-electron chi connectivity index (χ4n) is 1.82. The minimum atomic E-state index is -1.17. The highest BCUT2D eigenvalue weighted by atomic mass is 35.5. The van der Waals surface area contributed by atoms with Crippen LogP contribution in [0.15, 0.2) is 36.4 Å². The van der Waals surface area contributed by atoms with Crippen molar-refractivity contribution < 1.29 is 13.6 Å². The summed E-state index contributed by atoms with van der Waals surface area (Å²) in [5.74, 6) is -2.94. The molecule has 1 N–H and O–H groups in total. The molecule has 0 aliphatic rings. The van der Waals surface area contributed by atoms with Crippen LogP contribution in [0.1, 0.15) is 28.9 Å². The third-order valence-electron chi connectivity index (χ3n) is 2.99. The predicted molar refractivity (Wildman–Crippen MR) is 78.7 cm³/mol. The summed E-state index contributed by atoms with van der Waals surface area (Å²) in [4.78, 5) is 12.0. The second kappa shape index (κ2) is 6.41. The van der Waals surface area contributed by atoms with Crippen LogP contribution in [0.3, 0.4) is 0 Å². The van der Waals surface area contributed by atoms with Gasteiger partial charge in [0.05, 0.1) is 21.7 Å². The molecule has 110 valence electrons. The summed E-state index contributed by atoms with van der Waals surface area (Å²) in [7, 11) is 0. The molecular weight excluding hydrogens is 319 g/mol. The summed E-state index contributed by atoms with van der Waals surface area (Å²) in [6.07, 6.45) is 0. The zero-order chi connectivity index (χ0) is 15.6. The van der Waals surface area contributed by atoms with Gasteiger partial charge in [-0.1, -0.05) is 35.3 Å². The Morgan fingerprint density at radius 3 is 2.52 bits per heavy atom. The lowest BCUT2D eigenvalue weighted by Crippen LogP contribution is -2.27. The summed E-state index contributed by atoms with van der Waals surface area (Å²) in [6, 6.07) is 7.92. The summed E-state index contributed by atoms with van der Waals surface area (Å²) in [5.41, 5.74) is 0.358. The van der Waals surface area contributed by atoms with Gasteiger partial charge in [-0.25, -0.2) is 8.78 Å². The van der Waals surface area contributed by atoms with Gasteiger partial charge in [0.15, 0.2) is 11.6 Å². The first kappa shape index (κ1) is 15.7. The number of benzene rings is 2. The molecule has 1 atom stereocenters. The quantitative estimate of drug-likeness (QED) is 0.863. The van der Waals surface area contributed by atoms with E-state index in [2.05, 4.69) is 5.32 Å². The number of rotatable bonds is 3. The summed E-state index contributed by atoms with van der Waals surface area (Å²) >= 11 is 11.7. The Kier molecular flexibility index (Phi) is 4.80. The number of carbonyl (C=O) groups is 1. The molecule has 0 saturated heterocycles. The van der Waals surface area contributed by atoms with Crippen LogP contribution in [-0.4, -0.2) is 5.91 Å². The maximum Gasteiger partial charge on any atom is 0.254 e. The Hall–Kier alpha value is -1.65. The van der Waals surface area contributed by atoms with Gasteiger partial charge >= 0.3 is 0 Å². The molecule has 0 spiro atoms. The zero-order valence-electron chi connectivity index (χ0n) is 11.0. The van der Waals surface area contributed by atoms with Gasteiger partial charge in [0, 0.05) is 0 Å². The van der Waals surface area contributed by atoms with Crippen molar-refractivity contribution in [3.8, 4) is 0 Å². The second-order valence-electron chi connectivity index (χ2n) is 4.47. The van der Waals surface area contributed by atoms with Crippen molar-refractivity contribution in [2.45, 2.75) is 13.0 Å². The van der Waals surface area contributed by atoms with E-state index in [4.69, 9.17) is 23.2 Å². The third-order valence-corrected chi connectivity index (χ3v) is 3.73. The topological polar surface area (TPSA) is 29.1 Å². The van der Waals surface area contributed by atoms with E-state index in [0.717, 1.165) is 6.07 Å². The van der Waals surface area contributed by atoms with E-state index in [-0.39, 0.29) is 5.56 Å². The van der Waals surface area contributed by atoms with Crippen molar-refractivity contribution in [2.75, 3.05) is 0 Å². The van der Waals surface area contributed by atoms with Crippen LogP contribution in [0.2, 0.25) is 10.0 Å². The van der Waals surface area contributed by atoms with Crippen LogP contribution < -0.4 is 5.32 Å². The Morgan fingerprint density at radius 1 is 1.14 bits per heavy atom.